The van der Waals surface area contributed by atoms with E-state index in [2.05, 4.69) is 10.2 Å². The number of nitrogens with one attached hydrogen (secondary N) is 1. The van der Waals surface area contributed by atoms with Crippen LogP contribution in [0.25, 0.3) is 0 Å². The van der Waals surface area contributed by atoms with Crippen molar-refractivity contribution < 1.29 is 14.7 Å². The van der Waals surface area contributed by atoms with Crippen molar-refractivity contribution in [1.82, 2.24) is 15.1 Å². The van der Waals surface area contributed by atoms with Gasteiger partial charge >= 0.3 is 5.97 Å². The van der Waals surface area contributed by atoms with E-state index in [4.69, 9.17) is 5.11 Å². The highest BCUT2D eigenvalue weighted by molar-refractivity contribution is 5.83. The number of nitrogens with zero attached hydrogens (tertiary/aromatic N) is 2. The molecule has 2 N–H and O–H groups in total. The second-order valence-corrected chi connectivity index (χ2v) is 5.57. The molecular weight excluding hydrogens is 234 g/mol. The Hall–Kier alpha value is -1.14. The van der Waals surface area contributed by atoms with Gasteiger partial charge in [-0.05, 0) is 20.8 Å². The first-order valence-electron chi connectivity index (χ1n) is 6.26. The van der Waals surface area contributed by atoms with Crippen LogP contribution in [0.1, 0.15) is 20.8 Å². The first-order chi connectivity index (χ1) is 8.30. The van der Waals surface area contributed by atoms with Crippen LogP contribution in [0.4, 0.5) is 0 Å². The maximum atomic E-state index is 12.2. The standard InChI is InChI=1S/C12H23N3O3/c1-12(2,3)15(9-11(17)18)10(16)8-14-6-4-13-5-7-14/h13H,4-9H2,1-3H3,(H,17,18). The molecule has 1 saturated heterocycles. The number of rotatable bonds is 4. The molecule has 104 valence electrons. The molecule has 1 aliphatic heterocycles. The number of carbonyl (C=O) groups is 2. The van der Waals surface area contributed by atoms with Crippen LogP contribution < -0.4 is 5.32 Å². The first-order valence-corrected chi connectivity index (χ1v) is 6.26. The number of carbonyl (C=O) groups excluding carboxylic acids is 1. The Balaban J connectivity index is 2.61. The van der Waals surface area contributed by atoms with Gasteiger partial charge in [-0.1, -0.05) is 0 Å². The van der Waals surface area contributed by atoms with Crippen LogP contribution in [0.5, 0.6) is 0 Å². The van der Waals surface area contributed by atoms with Crippen molar-refractivity contribution in [3.05, 3.63) is 0 Å². The smallest absolute Gasteiger partial charge is 0.323 e. The van der Waals surface area contributed by atoms with Gasteiger partial charge in [-0.2, -0.15) is 0 Å². The predicted octanol–water partition coefficient (Wildman–Crippen LogP) is -0.397. The number of piperazine rings is 1. The number of carboxylic acids is 1. The molecule has 6 nitrogen and oxygen atoms in total. The first kappa shape index (κ1) is 14.9. The lowest BCUT2D eigenvalue weighted by Crippen LogP contribution is -2.54. The maximum absolute atomic E-state index is 12.2. The Bertz CT molecular complexity index is 306. The highest BCUT2D eigenvalue weighted by Crippen LogP contribution is 2.13. The topological polar surface area (TPSA) is 72.9 Å². The molecule has 0 radical (unpaired) electrons. The van der Waals surface area contributed by atoms with E-state index in [1.807, 2.05) is 20.8 Å². The van der Waals surface area contributed by atoms with E-state index in [0.29, 0.717) is 6.54 Å². The van der Waals surface area contributed by atoms with Crippen molar-refractivity contribution in [2.75, 3.05) is 39.3 Å². The van der Waals surface area contributed by atoms with E-state index >= 15 is 0 Å². The lowest BCUT2D eigenvalue weighted by Gasteiger charge is -2.36. The predicted molar refractivity (Wildman–Crippen MR) is 68.4 cm³/mol. The molecule has 0 aromatic heterocycles. The second-order valence-electron chi connectivity index (χ2n) is 5.57. The largest absolute Gasteiger partial charge is 0.480 e. The molecule has 1 rings (SSSR count). The van der Waals surface area contributed by atoms with E-state index in [1.165, 1.54) is 4.90 Å². The average Bonchev–Trinajstić information content (AvgIpc) is 2.25. The summed E-state index contributed by atoms with van der Waals surface area (Å²) in [6, 6.07) is 0. The van der Waals surface area contributed by atoms with Gasteiger partial charge in [-0.3, -0.25) is 14.5 Å². The van der Waals surface area contributed by atoms with Crippen LogP contribution >= 0.6 is 0 Å². The van der Waals surface area contributed by atoms with Gasteiger partial charge < -0.3 is 15.3 Å². The SMILES string of the molecule is CC(C)(C)N(CC(=O)O)C(=O)CN1CCNCC1. The van der Waals surface area contributed by atoms with Crippen LogP contribution in [0.3, 0.4) is 0 Å². The van der Waals surface area contributed by atoms with Crippen LogP contribution in [0, 0.1) is 0 Å². The lowest BCUT2D eigenvalue weighted by molar-refractivity contribution is -0.148. The maximum Gasteiger partial charge on any atom is 0.323 e. The van der Waals surface area contributed by atoms with Crippen molar-refractivity contribution in [3.8, 4) is 0 Å². The van der Waals surface area contributed by atoms with Crippen LogP contribution in [0.2, 0.25) is 0 Å². The fourth-order valence-electron chi connectivity index (χ4n) is 1.98. The molecule has 0 saturated carbocycles. The number of hydrogen-bond donors (Lipinski definition) is 2. The third kappa shape index (κ3) is 4.62. The Kier molecular flexibility index (Phi) is 5.10. The molecule has 0 spiro atoms. The Morgan fingerprint density at radius 1 is 1.28 bits per heavy atom. The zero-order valence-corrected chi connectivity index (χ0v) is 11.4. The van der Waals surface area contributed by atoms with E-state index in [-0.39, 0.29) is 12.5 Å². The summed E-state index contributed by atoms with van der Waals surface area (Å²) in [4.78, 5) is 26.5. The molecule has 0 aromatic rings. The molecular formula is C12H23N3O3. The molecule has 0 unspecified atom stereocenters. The van der Waals surface area contributed by atoms with Crippen LogP contribution in [-0.2, 0) is 9.59 Å². The Morgan fingerprint density at radius 3 is 2.28 bits per heavy atom. The lowest BCUT2D eigenvalue weighted by atomic mass is 10.1. The summed E-state index contributed by atoms with van der Waals surface area (Å²) < 4.78 is 0. The summed E-state index contributed by atoms with van der Waals surface area (Å²) in [6.45, 7) is 9.03. The fraction of sp³-hybridized carbons (Fsp3) is 0.833. The van der Waals surface area contributed by atoms with E-state index in [1.54, 1.807) is 0 Å². The number of carboxylic acid groups (broad SMARTS) is 1. The van der Waals surface area contributed by atoms with Gasteiger partial charge in [0.2, 0.25) is 5.91 Å². The van der Waals surface area contributed by atoms with E-state index < -0.39 is 11.5 Å². The fourth-order valence-corrected chi connectivity index (χ4v) is 1.98. The summed E-state index contributed by atoms with van der Waals surface area (Å²) >= 11 is 0. The number of amides is 1. The molecule has 0 aromatic carbocycles. The Morgan fingerprint density at radius 2 is 1.83 bits per heavy atom. The summed E-state index contributed by atoms with van der Waals surface area (Å²) in [6.07, 6.45) is 0. The summed E-state index contributed by atoms with van der Waals surface area (Å²) in [5, 5.41) is 12.1. The van der Waals surface area contributed by atoms with Gasteiger partial charge in [-0.25, -0.2) is 0 Å². The zero-order chi connectivity index (χ0) is 13.8. The van der Waals surface area contributed by atoms with Crippen molar-refractivity contribution in [1.29, 1.82) is 0 Å². The summed E-state index contributed by atoms with van der Waals surface area (Å²) in [5.41, 5.74) is -0.469. The molecule has 18 heavy (non-hydrogen) atoms. The molecule has 0 bridgehead atoms. The third-order valence-electron chi connectivity index (χ3n) is 2.97. The molecule has 1 aliphatic rings. The minimum Gasteiger partial charge on any atom is -0.480 e. The Labute approximate surface area is 108 Å². The third-order valence-corrected chi connectivity index (χ3v) is 2.97. The van der Waals surface area contributed by atoms with Crippen LogP contribution in [0.15, 0.2) is 0 Å². The summed E-state index contributed by atoms with van der Waals surface area (Å²) in [7, 11) is 0. The van der Waals surface area contributed by atoms with E-state index in [0.717, 1.165) is 26.2 Å². The van der Waals surface area contributed by atoms with Crippen molar-refractivity contribution in [3.63, 3.8) is 0 Å². The molecule has 1 fully saturated rings. The van der Waals surface area contributed by atoms with E-state index in [9.17, 15) is 9.59 Å². The van der Waals surface area contributed by atoms with Gasteiger partial charge in [0.1, 0.15) is 6.54 Å². The minimum absolute atomic E-state index is 0.119. The van der Waals surface area contributed by atoms with Gasteiger partial charge in [-0.15, -0.1) is 0 Å². The molecule has 1 heterocycles. The highest BCUT2D eigenvalue weighted by atomic mass is 16.4. The zero-order valence-electron chi connectivity index (χ0n) is 11.4. The number of hydrogen-bond acceptors (Lipinski definition) is 4. The average molecular weight is 257 g/mol. The molecule has 0 atom stereocenters. The quantitative estimate of drug-likeness (QED) is 0.717. The second kappa shape index (κ2) is 6.15. The highest BCUT2D eigenvalue weighted by Gasteiger charge is 2.29. The molecule has 0 aliphatic carbocycles. The van der Waals surface area contributed by atoms with Gasteiger partial charge in [0.15, 0.2) is 0 Å². The minimum atomic E-state index is -0.974. The normalized spacial score (nSPS) is 17.5. The molecule has 1 amide bonds. The number of aliphatic carboxylic acids is 1. The van der Waals surface area contributed by atoms with Gasteiger partial charge in [0.25, 0.3) is 0 Å². The van der Waals surface area contributed by atoms with Gasteiger partial charge in [0.05, 0.1) is 6.54 Å². The van der Waals surface area contributed by atoms with Crippen molar-refractivity contribution >= 4 is 11.9 Å². The molecule has 6 heteroatoms. The van der Waals surface area contributed by atoms with Gasteiger partial charge in [0, 0.05) is 31.7 Å². The van der Waals surface area contributed by atoms with Crippen molar-refractivity contribution in [2.24, 2.45) is 0 Å². The van der Waals surface area contributed by atoms with Crippen LogP contribution in [-0.4, -0.2) is 71.6 Å². The van der Waals surface area contributed by atoms with Crippen molar-refractivity contribution in [2.45, 2.75) is 26.3 Å². The monoisotopic (exact) mass is 257 g/mol. The summed E-state index contributed by atoms with van der Waals surface area (Å²) in [5.74, 6) is -1.09.